The fraction of sp³-hybridized carbons (Fsp3) is 0.636. The van der Waals surface area contributed by atoms with E-state index >= 15 is 0 Å². The third-order valence-corrected chi connectivity index (χ3v) is 3.91. The van der Waals surface area contributed by atoms with Gasteiger partial charge in [0.2, 0.25) is 0 Å². The lowest BCUT2D eigenvalue weighted by Crippen LogP contribution is -2.47. The summed E-state index contributed by atoms with van der Waals surface area (Å²) in [6.07, 6.45) is 3.26. The maximum atomic E-state index is 11.7. The Balaban J connectivity index is 1.85. The Morgan fingerprint density at radius 3 is 3.00 bits per heavy atom. The predicted molar refractivity (Wildman–Crippen MR) is 66.0 cm³/mol. The van der Waals surface area contributed by atoms with E-state index in [1.54, 1.807) is 5.38 Å². The number of nitrogens with two attached hydrogens (primary N) is 1. The summed E-state index contributed by atoms with van der Waals surface area (Å²) in [5.41, 5.74) is 5.15. The third-order valence-electron chi connectivity index (χ3n) is 3.00. The Kier molecular flexibility index (Phi) is 3.76. The topological polar surface area (TPSA) is 88.2 Å². The summed E-state index contributed by atoms with van der Waals surface area (Å²) in [4.78, 5) is 15.9. The number of nitrogens with zero attached hydrogens (tertiary/aromatic N) is 1. The molecule has 5 nitrogen and oxygen atoms in total. The van der Waals surface area contributed by atoms with E-state index in [1.165, 1.54) is 11.3 Å². The van der Waals surface area contributed by atoms with Crippen molar-refractivity contribution in [3.8, 4) is 0 Å². The first-order valence-corrected chi connectivity index (χ1v) is 6.66. The molecule has 1 aliphatic carbocycles. The summed E-state index contributed by atoms with van der Waals surface area (Å²) >= 11 is 1.44. The summed E-state index contributed by atoms with van der Waals surface area (Å²) in [6, 6.07) is 0. The van der Waals surface area contributed by atoms with Gasteiger partial charge in [0, 0.05) is 18.3 Å². The van der Waals surface area contributed by atoms with Gasteiger partial charge in [0.25, 0.3) is 5.91 Å². The van der Waals surface area contributed by atoms with Gasteiger partial charge in [0.1, 0.15) is 5.69 Å². The van der Waals surface area contributed by atoms with Crippen LogP contribution in [-0.2, 0) is 6.42 Å². The first-order chi connectivity index (χ1) is 8.13. The Morgan fingerprint density at radius 2 is 2.41 bits per heavy atom. The zero-order valence-electron chi connectivity index (χ0n) is 9.61. The molecule has 0 radical (unpaired) electrons. The molecule has 0 aromatic carbocycles. The second-order valence-corrected chi connectivity index (χ2v) is 5.37. The zero-order valence-corrected chi connectivity index (χ0v) is 10.4. The van der Waals surface area contributed by atoms with E-state index < -0.39 is 5.60 Å². The molecule has 0 unspecified atom stereocenters. The monoisotopic (exact) mass is 255 g/mol. The summed E-state index contributed by atoms with van der Waals surface area (Å²) < 4.78 is 0. The van der Waals surface area contributed by atoms with Gasteiger partial charge in [-0.25, -0.2) is 4.98 Å². The van der Waals surface area contributed by atoms with Crippen molar-refractivity contribution in [1.82, 2.24) is 10.3 Å². The molecule has 1 amide bonds. The molecule has 0 spiro atoms. The highest BCUT2D eigenvalue weighted by Crippen LogP contribution is 2.30. The summed E-state index contributed by atoms with van der Waals surface area (Å²) in [7, 11) is 0. The molecule has 17 heavy (non-hydrogen) atoms. The number of amides is 1. The second-order valence-electron chi connectivity index (χ2n) is 4.43. The van der Waals surface area contributed by atoms with Crippen molar-refractivity contribution in [2.24, 2.45) is 5.73 Å². The Labute approximate surface area is 104 Å². The molecule has 4 N–H and O–H groups in total. The maximum absolute atomic E-state index is 11.7. The van der Waals surface area contributed by atoms with Crippen molar-refractivity contribution in [3.05, 3.63) is 16.1 Å². The summed E-state index contributed by atoms with van der Waals surface area (Å²) in [5.74, 6) is -0.218. The van der Waals surface area contributed by atoms with Crippen molar-refractivity contribution in [1.29, 1.82) is 0 Å². The molecule has 0 aliphatic heterocycles. The molecule has 0 bridgehead atoms. The molecule has 6 heteroatoms. The van der Waals surface area contributed by atoms with Gasteiger partial charge < -0.3 is 16.2 Å². The van der Waals surface area contributed by atoms with Gasteiger partial charge in [0.05, 0.1) is 10.6 Å². The number of thiazole rings is 1. The third kappa shape index (κ3) is 3.02. The number of aliphatic hydroxyl groups is 1. The van der Waals surface area contributed by atoms with Gasteiger partial charge in [-0.1, -0.05) is 0 Å². The molecule has 1 fully saturated rings. The van der Waals surface area contributed by atoms with Gasteiger partial charge in [-0.3, -0.25) is 4.79 Å². The first-order valence-electron chi connectivity index (χ1n) is 5.78. The second kappa shape index (κ2) is 5.12. The SMILES string of the molecule is NCCc1nc(C(=O)NCC2(O)CCC2)cs1. The maximum Gasteiger partial charge on any atom is 0.270 e. The highest BCUT2D eigenvalue weighted by molar-refractivity contribution is 7.09. The van der Waals surface area contributed by atoms with Gasteiger partial charge in [-0.05, 0) is 25.8 Å². The molecule has 1 saturated carbocycles. The molecular weight excluding hydrogens is 238 g/mol. The Hall–Kier alpha value is -0.980. The van der Waals surface area contributed by atoms with E-state index in [1.807, 2.05) is 0 Å². The van der Waals surface area contributed by atoms with Gasteiger partial charge in [-0.15, -0.1) is 11.3 Å². The smallest absolute Gasteiger partial charge is 0.270 e. The molecule has 94 valence electrons. The van der Waals surface area contributed by atoms with Gasteiger partial charge in [-0.2, -0.15) is 0 Å². The molecule has 2 rings (SSSR count). The molecule has 0 saturated heterocycles. The number of carbonyl (C=O) groups excluding carboxylic acids is 1. The van der Waals surface area contributed by atoms with Crippen LogP contribution >= 0.6 is 11.3 Å². The molecular formula is C11H17N3O2S. The van der Waals surface area contributed by atoms with Crippen molar-refractivity contribution >= 4 is 17.2 Å². The molecule has 1 aromatic rings. The minimum atomic E-state index is -0.689. The van der Waals surface area contributed by atoms with Crippen LogP contribution in [0.4, 0.5) is 0 Å². The minimum Gasteiger partial charge on any atom is -0.388 e. The minimum absolute atomic E-state index is 0.218. The fourth-order valence-electron chi connectivity index (χ4n) is 1.75. The predicted octanol–water partition coefficient (Wildman–Crippen LogP) is 0.289. The van der Waals surface area contributed by atoms with Crippen LogP contribution in [0.3, 0.4) is 0 Å². The van der Waals surface area contributed by atoms with Crippen LogP contribution in [0.1, 0.15) is 34.8 Å². The molecule has 1 heterocycles. The number of hydrogen-bond acceptors (Lipinski definition) is 5. The van der Waals surface area contributed by atoms with Crippen LogP contribution in [0.15, 0.2) is 5.38 Å². The highest BCUT2D eigenvalue weighted by atomic mass is 32.1. The normalized spacial score (nSPS) is 17.5. The first kappa shape index (κ1) is 12.5. The molecule has 1 aromatic heterocycles. The van der Waals surface area contributed by atoms with Gasteiger partial charge >= 0.3 is 0 Å². The van der Waals surface area contributed by atoms with E-state index in [0.717, 1.165) is 24.3 Å². The Bertz CT molecular complexity index is 401. The number of carbonyl (C=O) groups is 1. The van der Waals surface area contributed by atoms with Crippen molar-refractivity contribution < 1.29 is 9.90 Å². The molecule has 0 atom stereocenters. The quantitative estimate of drug-likeness (QED) is 0.705. The summed E-state index contributed by atoms with van der Waals surface area (Å²) in [5, 5.41) is 15.2. The number of nitrogens with one attached hydrogen (secondary N) is 1. The average molecular weight is 255 g/mol. The lowest BCUT2D eigenvalue weighted by Gasteiger charge is -2.36. The summed E-state index contributed by atoms with van der Waals surface area (Å²) in [6.45, 7) is 0.851. The van der Waals surface area contributed by atoms with Crippen LogP contribution < -0.4 is 11.1 Å². The van der Waals surface area contributed by atoms with E-state index in [0.29, 0.717) is 25.2 Å². The lowest BCUT2D eigenvalue weighted by molar-refractivity contribution is -0.0300. The average Bonchev–Trinajstić information content (AvgIpc) is 2.72. The zero-order chi connectivity index (χ0) is 12.3. The van der Waals surface area contributed by atoms with E-state index in [-0.39, 0.29) is 5.91 Å². The van der Waals surface area contributed by atoms with Crippen LogP contribution in [0.5, 0.6) is 0 Å². The van der Waals surface area contributed by atoms with E-state index in [4.69, 9.17) is 5.73 Å². The highest BCUT2D eigenvalue weighted by Gasteiger charge is 2.34. The Morgan fingerprint density at radius 1 is 1.65 bits per heavy atom. The van der Waals surface area contributed by atoms with E-state index in [2.05, 4.69) is 10.3 Å². The van der Waals surface area contributed by atoms with Crippen molar-refractivity contribution in [2.75, 3.05) is 13.1 Å². The largest absolute Gasteiger partial charge is 0.388 e. The van der Waals surface area contributed by atoms with Crippen LogP contribution in [0.2, 0.25) is 0 Å². The van der Waals surface area contributed by atoms with E-state index in [9.17, 15) is 9.90 Å². The van der Waals surface area contributed by atoms with Crippen molar-refractivity contribution in [2.45, 2.75) is 31.3 Å². The van der Waals surface area contributed by atoms with Crippen molar-refractivity contribution in [3.63, 3.8) is 0 Å². The van der Waals surface area contributed by atoms with Crippen LogP contribution in [0, 0.1) is 0 Å². The standard InChI is InChI=1S/C11H17N3O2S/c12-5-2-9-14-8(6-17-9)10(15)13-7-11(16)3-1-4-11/h6,16H,1-5,7,12H2,(H,13,15). The fourth-order valence-corrected chi connectivity index (χ4v) is 2.54. The van der Waals surface area contributed by atoms with Gasteiger partial charge in [0.15, 0.2) is 0 Å². The van der Waals surface area contributed by atoms with Crippen LogP contribution in [-0.4, -0.2) is 34.7 Å². The number of hydrogen-bond donors (Lipinski definition) is 3. The number of aromatic nitrogens is 1. The van der Waals surface area contributed by atoms with Crippen LogP contribution in [0.25, 0.3) is 0 Å². The lowest BCUT2D eigenvalue weighted by atomic mass is 9.80. The number of rotatable bonds is 5. The molecule has 1 aliphatic rings.